The van der Waals surface area contributed by atoms with Crippen LogP contribution in [0.3, 0.4) is 0 Å². The number of ether oxygens (including phenoxy) is 1. The second kappa shape index (κ2) is 8.21. The minimum Gasteiger partial charge on any atom is -0.456 e. The Bertz CT molecular complexity index is 1210. The topological polar surface area (TPSA) is 85.0 Å². The number of hydrogen-bond acceptors (Lipinski definition) is 5. The molecule has 0 aliphatic rings. The first-order valence-corrected chi connectivity index (χ1v) is 8.64. The molecule has 1 heterocycles. The fourth-order valence-corrected chi connectivity index (χ4v) is 2.73. The van der Waals surface area contributed by atoms with Crippen LogP contribution in [0.4, 0.5) is 13.2 Å². The van der Waals surface area contributed by atoms with Gasteiger partial charge in [-0.3, -0.25) is 4.79 Å². The van der Waals surface area contributed by atoms with Gasteiger partial charge in [0.1, 0.15) is 6.61 Å². The van der Waals surface area contributed by atoms with E-state index in [-0.39, 0.29) is 18.0 Å². The van der Waals surface area contributed by atoms with Crippen LogP contribution in [0.1, 0.15) is 32.9 Å². The molecule has 0 amide bonds. The Morgan fingerprint density at radius 1 is 1.17 bits per heavy atom. The van der Waals surface area contributed by atoms with E-state index in [9.17, 15) is 22.8 Å². The van der Waals surface area contributed by atoms with E-state index in [0.717, 1.165) is 22.9 Å². The molecule has 6 nitrogen and oxygen atoms in total. The maximum Gasteiger partial charge on any atom is 0.416 e. The highest BCUT2D eigenvalue weighted by Crippen LogP contribution is 2.30. The Hall–Kier alpha value is -3.93. The fourth-order valence-electron chi connectivity index (χ4n) is 2.73. The van der Waals surface area contributed by atoms with Gasteiger partial charge in [-0.2, -0.15) is 23.5 Å². The van der Waals surface area contributed by atoms with Crippen molar-refractivity contribution >= 4 is 5.97 Å². The number of benzene rings is 2. The van der Waals surface area contributed by atoms with E-state index in [1.165, 1.54) is 19.1 Å². The Balaban J connectivity index is 1.93. The lowest BCUT2D eigenvalue weighted by molar-refractivity contribution is -0.137. The van der Waals surface area contributed by atoms with E-state index in [0.29, 0.717) is 11.1 Å². The molecular weight excluding hydrogens is 399 g/mol. The molecule has 0 atom stereocenters. The van der Waals surface area contributed by atoms with Crippen molar-refractivity contribution in [2.45, 2.75) is 19.7 Å². The van der Waals surface area contributed by atoms with Crippen molar-refractivity contribution in [3.8, 4) is 11.8 Å². The zero-order chi connectivity index (χ0) is 21.9. The van der Waals surface area contributed by atoms with Gasteiger partial charge in [-0.1, -0.05) is 24.3 Å². The molecule has 0 saturated carbocycles. The van der Waals surface area contributed by atoms with Crippen LogP contribution in [0.25, 0.3) is 5.69 Å². The van der Waals surface area contributed by atoms with Gasteiger partial charge in [0.25, 0.3) is 0 Å². The van der Waals surface area contributed by atoms with Gasteiger partial charge in [-0.05, 0) is 31.2 Å². The molecule has 0 N–H and O–H groups in total. The summed E-state index contributed by atoms with van der Waals surface area (Å²) in [5, 5.41) is 13.0. The maximum atomic E-state index is 13.0. The Kier molecular flexibility index (Phi) is 5.69. The Morgan fingerprint density at radius 2 is 1.90 bits per heavy atom. The fraction of sp³-hybridized carbons (Fsp3) is 0.143. The molecule has 30 heavy (non-hydrogen) atoms. The van der Waals surface area contributed by atoms with E-state index in [1.54, 1.807) is 24.3 Å². The number of carbonyl (C=O) groups excluding carboxylic acids is 1. The molecule has 0 spiro atoms. The van der Waals surface area contributed by atoms with Crippen molar-refractivity contribution < 1.29 is 22.7 Å². The van der Waals surface area contributed by atoms with Gasteiger partial charge in [0, 0.05) is 17.3 Å². The standard InChI is InChI=1S/C21H14F3N3O3/c1-13-9-18(28)19(20(29)30-12-15-6-3-2-5-14(15)11-25)26-27(13)17-8-4-7-16(10-17)21(22,23)24/h2-10H,12H2,1H3. The summed E-state index contributed by atoms with van der Waals surface area (Å²) >= 11 is 0. The van der Waals surface area contributed by atoms with Crippen molar-refractivity contribution in [1.82, 2.24) is 9.78 Å². The molecule has 0 aliphatic carbocycles. The molecule has 2 aromatic carbocycles. The Labute approximate surface area is 168 Å². The molecule has 1 aromatic heterocycles. The first-order chi connectivity index (χ1) is 14.2. The monoisotopic (exact) mass is 413 g/mol. The number of esters is 1. The normalized spacial score (nSPS) is 11.0. The smallest absolute Gasteiger partial charge is 0.416 e. The minimum atomic E-state index is -4.56. The lowest BCUT2D eigenvalue weighted by atomic mass is 10.1. The second-order valence-corrected chi connectivity index (χ2v) is 6.30. The molecule has 9 heteroatoms. The van der Waals surface area contributed by atoms with Crippen molar-refractivity contribution in [3.05, 3.63) is 92.9 Å². The molecule has 0 bridgehead atoms. The van der Waals surface area contributed by atoms with E-state index in [4.69, 9.17) is 10.00 Å². The number of nitrogens with zero attached hydrogens (tertiary/aromatic N) is 3. The Morgan fingerprint density at radius 3 is 2.60 bits per heavy atom. The molecule has 0 radical (unpaired) electrons. The van der Waals surface area contributed by atoms with E-state index in [2.05, 4.69) is 5.10 Å². The number of halogens is 3. The number of aromatic nitrogens is 2. The van der Waals surface area contributed by atoms with Crippen LogP contribution in [0.15, 0.2) is 59.4 Å². The van der Waals surface area contributed by atoms with Crippen LogP contribution in [0.5, 0.6) is 0 Å². The lowest BCUT2D eigenvalue weighted by Crippen LogP contribution is -2.24. The average molecular weight is 413 g/mol. The van der Waals surface area contributed by atoms with Gasteiger partial charge < -0.3 is 4.74 Å². The van der Waals surface area contributed by atoms with Gasteiger partial charge in [-0.15, -0.1) is 0 Å². The zero-order valence-electron chi connectivity index (χ0n) is 15.6. The van der Waals surface area contributed by atoms with Crippen LogP contribution in [-0.4, -0.2) is 15.7 Å². The summed E-state index contributed by atoms with van der Waals surface area (Å²) in [7, 11) is 0. The summed E-state index contributed by atoms with van der Waals surface area (Å²) < 4.78 is 45.2. The van der Waals surface area contributed by atoms with Crippen molar-refractivity contribution in [1.29, 1.82) is 5.26 Å². The number of rotatable bonds is 4. The second-order valence-electron chi connectivity index (χ2n) is 6.30. The summed E-state index contributed by atoms with van der Waals surface area (Å²) in [5.74, 6) is -1.05. The van der Waals surface area contributed by atoms with E-state index in [1.807, 2.05) is 6.07 Å². The highest BCUT2D eigenvalue weighted by atomic mass is 19.4. The van der Waals surface area contributed by atoms with Crippen LogP contribution in [0.2, 0.25) is 0 Å². The average Bonchev–Trinajstić information content (AvgIpc) is 2.71. The third kappa shape index (κ3) is 4.38. The van der Waals surface area contributed by atoms with Crippen LogP contribution in [0, 0.1) is 18.3 Å². The molecule has 0 saturated heterocycles. The number of alkyl halides is 3. The molecule has 152 valence electrons. The van der Waals surface area contributed by atoms with Crippen molar-refractivity contribution in [3.63, 3.8) is 0 Å². The number of aryl methyl sites for hydroxylation is 1. The van der Waals surface area contributed by atoms with Crippen LogP contribution < -0.4 is 5.43 Å². The van der Waals surface area contributed by atoms with Gasteiger partial charge in [0.15, 0.2) is 0 Å². The highest BCUT2D eigenvalue weighted by Gasteiger charge is 2.30. The summed E-state index contributed by atoms with van der Waals surface area (Å²) in [4.78, 5) is 24.6. The van der Waals surface area contributed by atoms with E-state index >= 15 is 0 Å². The number of nitriles is 1. The molecule has 3 aromatic rings. The number of carbonyl (C=O) groups is 1. The predicted molar refractivity (Wildman–Crippen MR) is 99.8 cm³/mol. The summed E-state index contributed by atoms with van der Waals surface area (Å²) in [6, 6.07) is 13.9. The molecule has 0 aliphatic heterocycles. The van der Waals surface area contributed by atoms with Gasteiger partial charge in [-0.25, -0.2) is 9.48 Å². The molecule has 3 rings (SSSR count). The summed E-state index contributed by atoms with van der Waals surface area (Å²) in [5.41, 5.74) is -1.17. The maximum absolute atomic E-state index is 13.0. The van der Waals surface area contributed by atoms with Gasteiger partial charge in [0.05, 0.1) is 22.9 Å². The SMILES string of the molecule is Cc1cc(=O)c(C(=O)OCc2ccccc2C#N)nn1-c1cccc(C(F)(F)F)c1. The zero-order valence-corrected chi connectivity index (χ0v) is 15.6. The van der Waals surface area contributed by atoms with Crippen molar-refractivity contribution in [2.75, 3.05) is 0 Å². The van der Waals surface area contributed by atoms with E-state index < -0.39 is 28.8 Å². The first kappa shape index (κ1) is 20.8. The van der Waals surface area contributed by atoms with Gasteiger partial charge in [0.2, 0.25) is 11.1 Å². The highest BCUT2D eigenvalue weighted by molar-refractivity contribution is 5.87. The van der Waals surface area contributed by atoms with Crippen molar-refractivity contribution in [2.24, 2.45) is 0 Å². The molecular formula is C21H14F3N3O3. The third-order valence-corrected chi connectivity index (χ3v) is 4.22. The summed E-state index contributed by atoms with van der Waals surface area (Å²) in [6.07, 6.45) is -4.56. The summed E-state index contributed by atoms with van der Waals surface area (Å²) in [6.45, 7) is 1.22. The molecule has 0 unspecified atom stereocenters. The quantitative estimate of drug-likeness (QED) is 0.608. The number of hydrogen-bond donors (Lipinski definition) is 0. The third-order valence-electron chi connectivity index (χ3n) is 4.22. The van der Waals surface area contributed by atoms with Crippen LogP contribution >= 0.6 is 0 Å². The van der Waals surface area contributed by atoms with Gasteiger partial charge >= 0.3 is 12.1 Å². The largest absolute Gasteiger partial charge is 0.456 e. The first-order valence-electron chi connectivity index (χ1n) is 8.64. The lowest BCUT2D eigenvalue weighted by Gasteiger charge is -2.13. The predicted octanol–water partition coefficient (Wildman–Crippen LogP) is 3.79. The van der Waals surface area contributed by atoms with Crippen LogP contribution in [-0.2, 0) is 17.5 Å². The molecule has 0 fully saturated rings. The minimum absolute atomic E-state index is 0.0335.